The highest BCUT2D eigenvalue weighted by Crippen LogP contribution is 2.35. The standard InChI is InChI=1S/C16H27N3O6/c1-8(2)12(9-5-6-9)18-14(23)16(3,15(24)25-4)19-13(22)10(17)7-11(20)21/h8-10,12H,5-7,17H2,1-4H3,(H,18,23)(H,19,22)(H,20,21)/t10-,12?,16-/m0/s1. The largest absolute Gasteiger partial charge is 0.481 e. The number of amides is 2. The van der Waals surface area contributed by atoms with Crippen LogP contribution in [0, 0.1) is 11.8 Å². The molecule has 0 bridgehead atoms. The maximum Gasteiger partial charge on any atom is 0.341 e. The van der Waals surface area contributed by atoms with Gasteiger partial charge < -0.3 is 26.2 Å². The first-order valence-corrected chi connectivity index (χ1v) is 8.21. The second kappa shape index (κ2) is 8.28. The van der Waals surface area contributed by atoms with Crippen molar-refractivity contribution in [2.45, 2.75) is 57.7 Å². The molecule has 1 unspecified atom stereocenters. The van der Waals surface area contributed by atoms with Crippen molar-refractivity contribution in [3.63, 3.8) is 0 Å². The molecule has 9 heteroatoms. The van der Waals surface area contributed by atoms with Crippen molar-refractivity contribution in [3.05, 3.63) is 0 Å². The van der Waals surface area contributed by atoms with Crippen molar-refractivity contribution in [2.75, 3.05) is 7.11 Å². The SMILES string of the molecule is COC(=O)[C@@](C)(NC(=O)[C@@H](N)CC(=O)O)C(=O)NC(C(C)C)C1CC1. The number of hydrogen-bond acceptors (Lipinski definition) is 6. The maximum absolute atomic E-state index is 12.7. The first-order chi connectivity index (χ1) is 11.5. The molecule has 1 aliphatic rings. The summed E-state index contributed by atoms with van der Waals surface area (Å²) in [5, 5.41) is 13.8. The number of methoxy groups -OCH3 is 1. The van der Waals surface area contributed by atoms with Crippen LogP contribution in [0.4, 0.5) is 0 Å². The predicted molar refractivity (Wildman–Crippen MR) is 88.3 cm³/mol. The molecular formula is C16H27N3O6. The van der Waals surface area contributed by atoms with Crippen molar-refractivity contribution in [2.24, 2.45) is 17.6 Å². The van der Waals surface area contributed by atoms with Gasteiger partial charge in [-0.05, 0) is 31.6 Å². The molecule has 9 nitrogen and oxygen atoms in total. The zero-order valence-electron chi connectivity index (χ0n) is 15.0. The Labute approximate surface area is 146 Å². The van der Waals surface area contributed by atoms with Gasteiger partial charge in [0, 0.05) is 6.04 Å². The molecule has 5 N–H and O–H groups in total. The minimum absolute atomic E-state index is 0.124. The van der Waals surface area contributed by atoms with E-state index >= 15 is 0 Å². The fraction of sp³-hybridized carbons (Fsp3) is 0.750. The Balaban J connectivity index is 2.93. The van der Waals surface area contributed by atoms with Gasteiger partial charge in [-0.2, -0.15) is 0 Å². The molecule has 1 saturated carbocycles. The van der Waals surface area contributed by atoms with Gasteiger partial charge in [0.2, 0.25) is 11.4 Å². The van der Waals surface area contributed by atoms with Crippen LogP contribution in [-0.2, 0) is 23.9 Å². The van der Waals surface area contributed by atoms with E-state index in [4.69, 9.17) is 10.8 Å². The van der Waals surface area contributed by atoms with Gasteiger partial charge in [-0.15, -0.1) is 0 Å². The fourth-order valence-electron chi connectivity index (χ4n) is 2.60. The number of carbonyl (C=O) groups is 4. The Kier molecular flexibility index (Phi) is 6.92. The summed E-state index contributed by atoms with van der Waals surface area (Å²) in [6.45, 7) is 5.13. The van der Waals surface area contributed by atoms with Crippen molar-refractivity contribution < 1.29 is 29.0 Å². The summed E-state index contributed by atoms with van der Waals surface area (Å²) >= 11 is 0. The number of rotatable bonds is 9. The minimum atomic E-state index is -2.00. The van der Waals surface area contributed by atoms with E-state index in [9.17, 15) is 19.2 Å². The Hall–Kier alpha value is -2.16. The second-order valence-corrected chi connectivity index (χ2v) is 6.89. The number of carboxylic acid groups (broad SMARTS) is 1. The molecule has 0 radical (unpaired) electrons. The molecule has 0 aromatic heterocycles. The van der Waals surface area contributed by atoms with Gasteiger partial charge in [0.25, 0.3) is 5.91 Å². The Bertz CT molecular complexity index is 544. The van der Waals surface area contributed by atoms with E-state index in [0.717, 1.165) is 20.0 Å². The number of esters is 1. The molecule has 0 aromatic carbocycles. The molecule has 0 saturated heterocycles. The van der Waals surface area contributed by atoms with Crippen LogP contribution in [0.15, 0.2) is 0 Å². The topological polar surface area (TPSA) is 148 Å². The molecule has 25 heavy (non-hydrogen) atoms. The van der Waals surface area contributed by atoms with E-state index in [1.54, 1.807) is 0 Å². The molecule has 1 rings (SSSR count). The van der Waals surface area contributed by atoms with Crippen LogP contribution >= 0.6 is 0 Å². The zero-order chi connectivity index (χ0) is 19.4. The highest BCUT2D eigenvalue weighted by Gasteiger charge is 2.47. The lowest BCUT2D eigenvalue weighted by molar-refractivity contribution is -0.156. The lowest BCUT2D eigenvalue weighted by Crippen LogP contribution is -2.66. The third-order valence-electron chi connectivity index (χ3n) is 4.30. The van der Waals surface area contributed by atoms with Crippen molar-refractivity contribution in [1.82, 2.24) is 10.6 Å². The van der Waals surface area contributed by atoms with E-state index in [-0.39, 0.29) is 12.0 Å². The van der Waals surface area contributed by atoms with Crippen LogP contribution < -0.4 is 16.4 Å². The van der Waals surface area contributed by atoms with Crippen LogP contribution in [-0.4, -0.2) is 53.6 Å². The molecule has 0 heterocycles. The number of nitrogens with one attached hydrogen (secondary N) is 2. The Morgan fingerprint density at radius 3 is 2.24 bits per heavy atom. The van der Waals surface area contributed by atoms with E-state index in [0.29, 0.717) is 5.92 Å². The fourth-order valence-corrected chi connectivity index (χ4v) is 2.60. The highest BCUT2D eigenvalue weighted by atomic mass is 16.5. The molecule has 0 aliphatic heterocycles. The first-order valence-electron chi connectivity index (χ1n) is 8.21. The predicted octanol–water partition coefficient (Wildman–Crippen LogP) is -0.613. The number of nitrogens with two attached hydrogens (primary N) is 1. The van der Waals surface area contributed by atoms with E-state index in [1.165, 1.54) is 6.92 Å². The number of aliphatic carboxylic acids is 1. The van der Waals surface area contributed by atoms with Gasteiger partial charge in [-0.1, -0.05) is 13.8 Å². The summed E-state index contributed by atoms with van der Waals surface area (Å²) in [5.41, 5.74) is 3.50. The third kappa shape index (κ3) is 5.42. The Morgan fingerprint density at radius 2 is 1.84 bits per heavy atom. The van der Waals surface area contributed by atoms with Gasteiger partial charge in [0.1, 0.15) is 0 Å². The van der Waals surface area contributed by atoms with Gasteiger partial charge >= 0.3 is 11.9 Å². The van der Waals surface area contributed by atoms with Crippen molar-refractivity contribution >= 4 is 23.8 Å². The molecule has 3 atom stereocenters. The van der Waals surface area contributed by atoms with E-state index in [1.807, 2.05) is 13.8 Å². The number of carbonyl (C=O) groups excluding carboxylic acids is 3. The lowest BCUT2D eigenvalue weighted by atomic mass is 9.95. The molecular weight excluding hydrogens is 330 g/mol. The first kappa shape index (κ1) is 20.9. The number of ether oxygens (including phenoxy) is 1. The number of hydrogen-bond donors (Lipinski definition) is 4. The van der Waals surface area contributed by atoms with Gasteiger partial charge in [0.05, 0.1) is 19.6 Å². The molecule has 0 aromatic rings. The van der Waals surface area contributed by atoms with Crippen molar-refractivity contribution in [3.8, 4) is 0 Å². The summed E-state index contributed by atoms with van der Waals surface area (Å²) < 4.78 is 4.64. The van der Waals surface area contributed by atoms with Crippen molar-refractivity contribution in [1.29, 1.82) is 0 Å². The monoisotopic (exact) mass is 357 g/mol. The second-order valence-electron chi connectivity index (χ2n) is 6.89. The number of carboxylic acids is 1. The summed E-state index contributed by atoms with van der Waals surface area (Å²) in [7, 11) is 1.10. The molecule has 1 fully saturated rings. The maximum atomic E-state index is 12.7. The zero-order valence-corrected chi connectivity index (χ0v) is 15.0. The summed E-state index contributed by atoms with van der Waals surface area (Å²) in [5.74, 6) is -3.35. The van der Waals surface area contributed by atoms with Crippen LogP contribution in [0.1, 0.15) is 40.0 Å². The van der Waals surface area contributed by atoms with Gasteiger partial charge in [-0.3, -0.25) is 14.4 Å². The van der Waals surface area contributed by atoms with Crippen LogP contribution in [0.2, 0.25) is 0 Å². The van der Waals surface area contributed by atoms with E-state index in [2.05, 4.69) is 15.4 Å². The quantitative estimate of drug-likeness (QED) is 0.318. The summed E-state index contributed by atoms with van der Waals surface area (Å²) in [6.07, 6.45) is 1.36. The minimum Gasteiger partial charge on any atom is -0.481 e. The van der Waals surface area contributed by atoms with Crippen LogP contribution in [0.5, 0.6) is 0 Å². The van der Waals surface area contributed by atoms with Crippen LogP contribution in [0.3, 0.4) is 0 Å². The van der Waals surface area contributed by atoms with Crippen LogP contribution in [0.25, 0.3) is 0 Å². The molecule has 1 aliphatic carbocycles. The lowest BCUT2D eigenvalue weighted by Gasteiger charge is -2.31. The average Bonchev–Trinajstić information content (AvgIpc) is 3.34. The molecule has 142 valence electrons. The smallest absolute Gasteiger partial charge is 0.341 e. The highest BCUT2D eigenvalue weighted by molar-refractivity contribution is 6.10. The summed E-state index contributed by atoms with van der Waals surface area (Å²) in [6, 6.07) is -1.51. The molecule has 2 amide bonds. The van der Waals surface area contributed by atoms with E-state index < -0.39 is 41.8 Å². The Morgan fingerprint density at radius 1 is 1.28 bits per heavy atom. The van der Waals surface area contributed by atoms with Gasteiger partial charge in [0.15, 0.2) is 0 Å². The average molecular weight is 357 g/mol. The van der Waals surface area contributed by atoms with Gasteiger partial charge in [-0.25, -0.2) is 4.79 Å². The molecule has 0 spiro atoms. The summed E-state index contributed by atoms with van der Waals surface area (Å²) in [4.78, 5) is 47.6. The normalized spacial score (nSPS) is 18.6. The third-order valence-corrected chi connectivity index (χ3v) is 4.30.